The van der Waals surface area contributed by atoms with Crippen LogP contribution in [0.2, 0.25) is 0 Å². The molecule has 3 rings (SSSR count). The predicted molar refractivity (Wildman–Crippen MR) is 92.2 cm³/mol. The number of fused-ring (bicyclic) bond motifs is 1. The lowest BCUT2D eigenvalue weighted by Gasteiger charge is -2.20. The maximum Gasteiger partial charge on any atom is 0.339 e. The molecule has 6 heteroatoms. The van der Waals surface area contributed by atoms with Crippen molar-refractivity contribution in [1.29, 1.82) is 0 Å². The number of benzene rings is 2. The molecule has 1 amide bonds. The summed E-state index contributed by atoms with van der Waals surface area (Å²) in [6.45, 7) is 0. The van der Waals surface area contributed by atoms with Gasteiger partial charge in [0.15, 0.2) is 0 Å². The number of para-hydroxylation sites is 1. The number of anilines is 1. The van der Waals surface area contributed by atoms with Crippen LogP contribution in [0.1, 0.15) is 20.7 Å². The number of nitrogens with zero attached hydrogens (tertiary/aromatic N) is 2. The fourth-order valence-electron chi connectivity index (χ4n) is 2.66. The third kappa shape index (κ3) is 3.06. The highest BCUT2D eigenvalue weighted by Gasteiger charge is 2.22. The molecule has 0 aliphatic heterocycles. The van der Waals surface area contributed by atoms with Gasteiger partial charge in [-0.25, -0.2) is 9.18 Å². The molecule has 0 radical (unpaired) electrons. The summed E-state index contributed by atoms with van der Waals surface area (Å²) in [5.41, 5.74) is 1.14. The molecule has 3 aromatic rings. The molecular weight excluding hydrogens is 323 g/mol. The van der Waals surface area contributed by atoms with E-state index in [2.05, 4.69) is 4.98 Å². The van der Waals surface area contributed by atoms with Gasteiger partial charge in [0.1, 0.15) is 5.82 Å². The van der Waals surface area contributed by atoms with Crippen molar-refractivity contribution in [2.45, 2.75) is 0 Å². The molecule has 126 valence electrons. The first-order chi connectivity index (χ1) is 12.0. The Kier molecular flexibility index (Phi) is 4.43. The van der Waals surface area contributed by atoms with Gasteiger partial charge in [-0.1, -0.05) is 18.2 Å². The SMILES string of the molecule is COC(=O)c1ccccc1N(C)C(=O)c1cc(F)cc2cccnc12. The molecule has 0 spiro atoms. The monoisotopic (exact) mass is 338 g/mol. The van der Waals surface area contributed by atoms with Gasteiger partial charge in [0.25, 0.3) is 5.91 Å². The zero-order chi connectivity index (χ0) is 18.0. The van der Waals surface area contributed by atoms with Crippen molar-refractivity contribution in [2.24, 2.45) is 0 Å². The van der Waals surface area contributed by atoms with Crippen LogP contribution in [0.5, 0.6) is 0 Å². The third-order valence-electron chi connectivity index (χ3n) is 3.88. The van der Waals surface area contributed by atoms with Gasteiger partial charge in [0, 0.05) is 18.6 Å². The van der Waals surface area contributed by atoms with Crippen molar-refractivity contribution in [2.75, 3.05) is 19.1 Å². The second kappa shape index (κ2) is 6.68. The molecule has 0 fully saturated rings. The Morgan fingerprint density at radius 1 is 1.08 bits per heavy atom. The lowest BCUT2D eigenvalue weighted by Crippen LogP contribution is -2.28. The van der Waals surface area contributed by atoms with Gasteiger partial charge in [-0.05, 0) is 30.3 Å². The fourth-order valence-corrected chi connectivity index (χ4v) is 2.66. The number of halogens is 1. The number of rotatable bonds is 3. The normalized spacial score (nSPS) is 10.5. The average molecular weight is 338 g/mol. The number of methoxy groups -OCH3 is 1. The average Bonchev–Trinajstić information content (AvgIpc) is 2.65. The Morgan fingerprint density at radius 2 is 1.84 bits per heavy atom. The van der Waals surface area contributed by atoms with Gasteiger partial charge in [0.2, 0.25) is 0 Å². The van der Waals surface area contributed by atoms with Crippen LogP contribution in [0.3, 0.4) is 0 Å². The van der Waals surface area contributed by atoms with E-state index in [0.717, 1.165) is 6.07 Å². The summed E-state index contributed by atoms with van der Waals surface area (Å²) in [4.78, 5) is 30.3. The summed E-state index contributed by atoms with van der Waals surface area (Å²) >= 11 is 0. The molecule has 0 saturated carbocycles. The van der Waals surface area contributed by atoms with E-state index in [4.69, 9.17) is 4.74 Å². The second-order valence-corrected chi connectivity index (χ2v) is 5.40. The zero-order valence-electron chi connectivity index (χ0n) is 13.7. The zero-order valence-corrected chi connectivity index (χ0v) is 13.7. The quantitative estimate of drug-likeness (QED) is 0.687. The number of ether oxygens (including phenoxy) is 1. The molecule has 0 unspecified atom stereocenters. The lowest BCUT2D eigenvalue weighted by atomic mass is 10.1. The molecule has 2 aromatic carbocycles. The lowest BCUT2D eigenvalue weighted by molar-refractivity contribution is 0.0601. The Bertz CT molecular complexity index is 972. The van der Waals surface area contributed by atoms with Crippen LogP contribution < -0.4 is 4.90 Å². The first-order valence-corrected chi connectivity index (χ1v) is 7.52. The molecule has 0 aliphatic carbocycles. The van der Waals surface area contributed by atoms with E-state index in [9.17, 15) is 14.0 Å². The smallest absolute Gasteiger partial charge is 0.339 e. The van der Waals surface area contributed by atoms with Crippen molar-refractivity contribution in [1.82, 2.24) is 4.98 Å². The summed E-state index contributed by atoms with van der Waals surface area (Å²) in [7, 11) is 2.79. The number of carbonyl (C=O) groups excluding carboxylic acids is 2. The van der Waals surface area contributed by atoms with Gasteiger partial charge >= 0.3 is 5.97 Å². The van der Waals surface area contributed by atoms with Crippen molar-refractivity contribution < 1.29 is 18.7 Å². The van der Waals surface area contributed by atoms with Gasteiger partial charge in [0.05, 0.1) is 29.4 Å². The number of aromatic nitrogens is 1. The molecule has 1 aromatic heterocycles. The number of pyridine rings is 1. The maximum absolute atomic E-state index is 13.9. The Labute approximate surface area is 143 Å². The molecule has 5 nitrogen and oxygen atoms in total. The molecular formula is C19H15FN2O3. The van der Waals surface area contributed by atoms with Crippen LogP contribution in [-0.4, -0.2) is 31.0 Å². The standard InChI is InChI=1S/C19H15FN2O3/c1-22(16-8-4-3-7-14(16)19(24)25-2)18(23)15-11-13(20)10-12-6-5-9-21-17(12)15/h3-11H,1-2H3. The number of esters is 1. The summed E-state index contributed by atoms with van der Waals surface area (Å²) in [6.07, 6.45) is 1.54. The van der Waals surface area contributed by atoms with E-state index in [1.807, 2.05) is 0 Å². The topological polar surface area (TPSA) is 59.5 Å². The number of amides is 1. The Hall–Kier alpha value is -3.28. The minimum absolute atomic E-state index is 0.123. The van der Waals surface area contributed by atoms with Gasteiger partial charge in [-0.2, -0.15) is 0 Å². The van der Waals surface area contributed by atoms with Crippen molar-refractivity contribution in [3.63, 3.8) is 0 Å². The highest BCUT2D eigenvalue weighted by atomic mass is 19.1. The molecule has 0 bridgehead atoms. The molecule has 1 heterocycles. The van der Waals surface area contributed by atoms with Crippen LogP contribution >= 0.6 is 0 Å². The number of carbonyl (C=O) groups is 2. The first-order valence-electron chi connectivity index (χ1n) is 7.52. The van der Waals surface area contributed by atoms with Gasteiger partial charge in [-0.3, -0.25) is 9.78 Å². The summed E-state index contributed by atoms with van der Waals surface area (Å²) in [5, 5.41) is 0.528. The molecule has 0 saturated heterocycles. The van der Waals surface area contributed by atoms with E-state index in [0.29, 0.717) is 16.6 Å². The van der Waals surface area contributed by atoms with Gasteiger partial charge < -0.3 is 9.64 Å². The highest BCUT2D eigenvalue weighted by molar-refractivity contribution is 6.14. The van der Waals surface area contributed by atoms with E-state index >= 15 is 0 Å². The third-order valence-corrected chi connectivity index (χ3v) is 3.88. The minimum Gasteiger partial charge on any atom is -0.465 e. The maximum atomic E-state index is 13.9. The summed E-state index contributed by atoms with van der Waals surface area (Å²) < 4.78 is 18.7. The van der Waals surface area contributed by atoms with Crippen LogP contribution in [0.25, 0.3) is 10.9 Å². The van der Waals surface area contributed by atoms with Crippen LogP contribution in [0, 0.1) is 5.82 Å². The fraction of sp³-hybridized carbons (Fsp3) is 0.105. The van der Waals surface area contributed by atoms with E-state index in [-0.39, 0.29) is 11.1 Å². The van der Waals surface area contributed by atoms with E-state index in [1.165, 1.54) is 25.1 Å². The Morgan fingerprint density at radius 3 is 2.60 bits per heavy atom. The molecule has 0 N–H and O–H groups in total. The van der Waals surface area contributed by atoms with Crippen LogP contribution in [0.4, 0.5) is 10.1 Å². The van der Waals surface area contributed by atoms with Crippen molar-refractivity contribution in [3.8, 4) is 0 Å². The first kappa shape index (κ1) is 16.6. The van der Waals surface area contributed by atoms with Crippen LogP contribution in [0.15, 0.2) is 54.7 Å². The van der Waals surface area contributed by atoms with E-state index in [1.54, 1.807) is 42.6 Å². The largest absolute Gasteiger partial charge is 0.465 e. The Balaban J connectivity index is 2.10. The molecule has 0 atom stereocenters. The number of hydrogen-bond donors (Lipinski definition) is 0. The predicted octanol–water partition coefficient (Wildman–Crippen LogP) is 3.44. The molecule has 0 aliphatic rings. The number of hydrogen-bond acceptors (Lipinski definition) is 4. The van der Waals surface area contributed by atoms with Crippen molar-refractivity contribution in [3.05, 3.63) is 71.7 Å². The molecule has 25 heavy (non-hydrogen) atoms. The second-order valence-electron chi connectivity index (χ2n) is 5.40. The summed E-state index contributed by atoms with van der Waals surface area (Å²) in [6, 6.07) is 12.4. The highest BCUT2D eigenvalue weighted by Crippen LogP contribution is 2.25. The van der Waals surface area contributed by atoms with Crippen LogP contribution in [-0.2, 0) is 4.74 Å². The summed E-state index contributed by atoms with van der Waals surface area (Å²) in [5.74, 6) is -1.56. The van der Waals surface area contributed by atoms with Crippen molar-refractivity contribution >= 4 is 28.5 Å². The van der Waals surface area contributed by atoms with Gasteiger partial charge in [-0.15, -0.1) is 0 Å². The van der Waals surface area contributed by atoms with E-state index < -0.39 is 17.7 Å². The minimum atomic E-state index is -0.558.